The van der Waals surface area contributed by atoms with Crippen LogP contribution in [-0.2, 0) is 10.3 Å². The average Bonchev–Trinajstić information content (AvgIpc) is 2.66. The zero-order valence-corrected chi connectivity index (χ0v) is 17.5. The molecule has 0 aromatic heterocycles. The molecule has 1 amide bonds. The quantitative estimate of drug-likeness (QED) is 0.659. The molecular formula is C19H26F6N2O4. The van der Waals surface area contributed by atoms with E-state index >= 15 is 0 Å². The number of piperazine rings is 1. The van der Waals surface area contributed by atoms with Crippen LogP contribution in [0.1, 0.15) is 26.3 Å². The molecule has 0 atom stereocenters. The van der Waals surface area contributed by atoms with Gasteiger partial charge in [0.15, 0.2) is 0 Å². The fourth-order valence-corrected chi connectivity index (χ4v) is 2.88. The normalized spacial score (nSPS) is 15.9. The summed E-state index contributed by atoms with van der Waals surface area (Å²) in [7, 11) is 1.00. The van der Waals surface area contributed by atoms with Crippen LogP contribution in [0.2, 0.25) is 0 Å². The van der Waals surface area contributed by atoms with Crippen LogP contribution < -0.4 is 4.90 Å². The lowest BCUT2D eigenvalue weighted by Crippen LogP contribution is -2.54. The van der Waals surface area contributed by atoms with E-state index in [2.05, 4.69) is 0 Å². The van der Waals surface area contributed by atoms with Crippen LogP contribution in [0.4, 0.5) is 36.8 Å². The van der Waals surface area contributed by atoms with E-state index in [0.717, 1.165) is 19.2 Å². The summed E-state index contributed by atoms with van der Waals surface area (Å²) < 4.78 is 82.9. The van der Waals surface area contributed by atoms with E-state index in [1.165, 1.54) is 4.90 Å². The van der Waals surface area contributed by atoms with Crippen molar-refractivity contribution >= 4 is 11.8 Å². The molecular weight excluding hydrogens is 434 g/mol. The van der Waals surface area contributed by atoms with Crippen molar-refractivity contribution in [3.8, 4) is 0 Å². The van der Waals surface area contributed by atoms with Gasteiger partial charge in [0, 0.05) is 44.5 Å². The minimum Gasteiger partial charge on any atom is -0.444 e. The van der Waals surface area contributed by atoms with E-state index < -0.39 is 35.2 Å². The maximum absolute atomic E-state index is 12.9. The Hall–Kier alpha value is -2.21. The number of alkyl halides is 6. The number of aliphatic hydroxyl groups is 2. The topological polar surface area (TPSA) is 73.2 Å². The van der Waals surface area contributed by atoms with Gasteiger partial charge < -0.3 is 24.7 Å². The fraction of sp³-hybridized carbons (Fsp3) is 0.632. The number of rotatable bonds is 2. The third-order valence-electron chi connectivity index (χ3n) is 4.40. The van der Waals surface area contributed by atoms with E-state index in [-0.39, 0.29) is 13.1 Å². The summed E-state index contributed by atoms with van der Waals surface area (Å²) in [6.07, 6.45) is -12.3. The van der Waals surface area contributed by atoms with Gasteiger partial charge >= 0.3 is 18.4 Å². The highest BCUT2D eigenvalue weighted by atomic mass is 19.4. The highest BCUT2D eigenvalue weighted by Crippen LogP contribution is 2.50. The Labute approximate surface area is 176 Å². The van der Waals surface area contributed by atoms with Crippen LogP contribution in [0.25, 0.3) is 0 Å². The molecule has 1 aliphatic rings. The second-order valence-electron chi connectivity index (χ2n) is 7.71. The van der Waals surface area contributed by atoms with E-state index in [4.69, 9.17) is 9.84 Å². The minimum absolute atomic E-state index is 0.283. The molecule has 1 aromatic carbocycles. The van der Waals surface area contributed by atoms with Crippen molar-refractivity contribution < 1.29 is 46.1 Å². The number of carbonyl (C=O) groups is 1. The van der Waals surface area contributed by atoms with Gasteiger partial charge in [-0.15, -0.1) is 0 Å². The number of ether oxygens (including phenoxy) is 1. The largest absolute Gasteiger partial charge is 0.444 e. The van der Waals surface area contributed by atoms with E-state index in [9.17, 15) is 36.2 Å². The van der Waals surface area contributed by atoms with Crippen LogP contribution in [0, 0.1) is 0 Å². The first-order valence-corrected chi connectivity index (χ1v) is 9.20. The summed E-state index contributed by atoms with van der Waals surface area (Å²) in [5.41, 5.74) is -6.54. The van der Waals surface area contributed by atoms with Crippen LogP contribution in [0.3, 0.4) is 0 Å². The highest BCUT2D eigenvalue weighted by Gasteiger charge is 2.71. The summed E-state index contributed by atoms with van der Waals surface area (Å²) in [6, 6.07) is 3.38. The first kappa shape index (κ1) is 26.8. The molecule has 1 fully saturated rings. The lowest BCUT2D eigenvalue weighted by Gasteiger charge is -2.37. The molecule has 0 bridgehead atoms. The van der Waals surface area contributed by atoms with Gasteiger partial charge in [-0.1, -0.05) is 12.1 Å². The van der Waals surface area contributed by atoms with Crippen LogP contribution in [0.15, 0.2) is 24.3 Å². The molecule has 6 nitrogen and oxygen atoms in total. The summed E-state index contributed by atoms with van der Waals surface area (Å²) in [4.78, 5) is 15.2. The van der Waals surface area contributed by atoms with E-state index in [0.29, 0.717) is 30.9 Å². The zero-order chi connectivity index (χ0) is 24.3. The Morgan fingerprint density at radius 2 is 1.29 bits per heavy atom. The number of halogens is 6. The molecule has 1 aromatic rings. The van der Waals surface area contributed by atoms with Crippen LogP contribution >= 0.6 is 0 Å². The fourth-order valence-electron chi connectivity index (χ4n) is 2.88. The van der Waals surface area contributed by atoms with Crippen molar-refractivity contribution in [3.05, 3.63) is 29.8 Å². The van der Waals surface area contributed by atoms with Crippen LogP contribution in [0.5, 0.6) is 0 Å². The lowest BCUT2D eigenvalue weighted by molar-refractivity contribution is -0.376. The molecule has 0 aliphatic carbocycles. The van der Waals surface area contributed by atoms with E-state index in [1.54, 1.807) is 25.7 Å². The molecule has 0 spiro atoms. The van der Waals surface area contributed by atoms with Crippen molar-refractivity contribution in [1.29, 1.82) is 0 Å². The average molecular weight is 460 g/mol. The van der Waals surface area contributed by atoms with Crippen molar-refractivity contribution in [2.75, 3.05) is 38.2 Å². The Morgan fingerprint density at radius 1 is 0.871 bits per heavy atom. The standard InChI is InChI=1S/C18H22F6N2O3.CH4O/c1-15(2,3)29-14(27)26-10-8-25(9-11-26)13-6-4-12(5-7-13)16(28,17(19,20)21)18(22,23)24;1-2/h4-7,28H,8-11H2,1-3H3;2H,1H3. The number of carbonyl (C=O) groups excluding carboxylic acids is 1. The van der Waals surface area contributed by atoms with Crippen LogP contribution in [-0.4, -0.2) is 72.4 Å². The van der Waals surface area contributed by atoms with Crippen molar-refractivity contribution in [1.82, 2.24) is 4.90 Å². The predicted octanol–water partition coefficient (Wildman–Crippen LogP) is 3.66. The Bertz CT molecular complexity index is 707. The Balaban J connectivity index is 0.00000233. The van der Waals surface area contributed by atoms with Gasteiger partial charge in [0.2, 0.25) is 0 Å². The van der Waals surface area contributed by atoms with Gasteiger partial charge in [-0.05, 0) is 32.9 Å². The van der Waals surface area contributed by atoms with E-state index in [1.807, 2.05) is 0 Å². The van der Waals surface area contributed by atoms with Gasteiger partial charge in [-0.2, -0.15) is 26.3 Å². The summed E-state index contributed by atoms with van der Waals surface area (Å²) >= 11 is 0. The molecule has 1 saturated heterocycles. The number of nitrogens with zero attached hydrogens (tertiary/aromatic N) is 2. The first-order valence-electron chi connectivity index (χ1n) is 9.20. The number of amides is 1. The molecule has 0 unspecified atom stereocenters. The maximum Gasteiger partial charge on any atom is 0.430 e. The number of benzene rings is 1. The van der Waals surface area contributed by atoms with Gasteiger partial charge in [-0.25, -0.2) is 4.79 Å². The van der Waals surface area contributed by atoms with Crippen molar-refractivity contribution in [2.24, 2.45) is 0 Å². The summed E-state index contributed by atoms with van der Waals surface area (Å²) in [5.74, 6) is 0. The lowest BCUT2D eigenvalue weighted by atomic mass is 9.92. The monoisotopic (exact) mass is 460 g/mol. The number of anilines is 1. The predicted molar refractivity (Wildman–Crippen MR) is 101 cm³/mol. The third kappa shape index (κ3) is 6.16. The molecule has 2 rings (SSSR count). The third-order valence-corrected chi connectivity index (χ3v) is 4.40. The molecule has 12 heteroatoms. The minimum atomic E-state index is -5.92. The smallest absolute Gasteiger partial charge is 0.430 e. The van der Waals surface area contributed by atoms with Gasteiger partial charge in [-0.3, -0.25) is 0 Å². The molecule has 1 heterocycles. The second kappa shape index (κ2) is 9.51. The first-order chi connectivity index (χ1) is 14.1. The molecule has 178 valence electrons. The Kier molecular flexibility index (Phi) is 8.23. The van der Waals surface area contributed by atoms with Gasteiger partial charge in [0.05, 0.1) is 0 Å². The summed E-state index contributed by atoms with van der Waals surface area (Å²) in [5, 5.41) is 16.4. The van der Waals surface area contributed by atoms with Gasteiger partial charge in [0.1, 0.15) is 5.60 Å². The van der Waals surface area contributed by atoms with Crippen molar-refractivity contribution in [2.45, 2.75) is 44.3 Å². The molecule has 31 heavy (non-hydrogen) atoms. The molecule has 1 aliphatic heterocycles. The molecule has 0 saturated carbocycles. The Morgan fingerprint density at radius 3 is 1.65 bits per heavy atom. The number of hydrogen-bond acceptors (Lipinski definition) is 5. The SMILES string of the molecule is CC(C)(C)OC(=O)N1CCN(c2ccc(C(O)(C(F)(F)F)C(F)(F)F)cc2)CC1.CO. The van der Waals surface area contributed by atoms with Crippen molar-refractivity contribution in [3.63, 3.8) is 0 Å². The zero-order valence-electron chi connectivity index (χ0n) is 17.5. The number of aliphatic hydroxyl groups excluding tert-OH is 1. The second-order valence-corrected chi connectivity index (χ2v) is 7.71. The molecule has 0 radical (unpaired) electrons. The highest BCUT2D eigenvalue weighted by molar-refractivity contribution is 5.68. The van der Waals surface area contributed by atoms with Gasteiger partial charge in [0.25, 0.3) is 5.60 Å². The molecule has 2 N–H and O–H groups in total. The number of hydrogen-bond donors (Lipinski definition) is 2. The maximum atomic E-state index is 12.9. The summed E-state index contributed by atoms with van der Waals surface area (Å²) in [6.45, 7) is 6.39.